The lowest BCUT2D eigenvalue weighted by molar-refractivity contribution is -0.134. The van der Waals surface area contributed by atoms with Gasteiger partial charge in [-0.2, -0.15) is 0 Å². The van der Waals surface area contributed by atoms with E-state index in [4.69, 9.17) is 0 Å². The SMILES string of the molecule is CC[C@H](CC(=O)N1CCN([C@H]2CCC[C@H]2O)CC1)c1ccccc1. The van der Waals surface area contributed by atoms with Crippen LogP contribution in [0.15, 0.2) is 30.3 Å². The Kier molecular flexibility index (Phi) is 5.90. The molecule has 1 aromatic rings. The van der Waals surface area contributed by atoms with Gasteiger partial charge in [0.1, 0.15) is 0 Å². The summed E-state index contributed by atoms with van der Waals surface area (Å²) >= 11 is 0. The van der Waals surface area contributed by atoms with Gasteiger partial charge in [0.05, 0.1) is 6.10 Å². The average Bonchev–Trinajstić information content (AvgIpc) is 3.06. The van der Waals surface area contributed by atoms with E-state index in [0.29, 0.717) is 18.4 Å². The summed E-state index contributed by atoms with van der Waals surface area (Å²) in [7, 11) is 0. The van der Waals surface area contributed by atoms with Gasteiger partial charge in [0.2, 0.25) is 5.91 Å². The average molecular weight is 330 g/mol. The van der Waals surface area contributed by atoms with Gasteiger partial charge < -0.3 is 10.0 Å². The summed E-state index contributed by atoms with van der Waals surface area (Å²) in [5.41, 5.74) is 1.26. The van der Waals surface area contributed by atoms with Crippen molar-refractivity contribution in [3.8, 4) is 0 Å². The predicted molar refractivity (Wildman–Crippen MR) is 95.9 cm³/mol. The first kappa shape index (κ1) is 17.4. The van der Waals surface area contributed by atoms with Crippen molar-refractivity contribution in [3.63, 3.8) is 0 Å². The molecule has 3 rings (SSSR count). The molecule has 0 spiro atoms. The van der Waals surface area contributed by atoms with Crippen LogP contribution in [0.2, 0.25) is 0 Å². The summed E-state index contributed by atoms with van der Waals surface area (Å²) in [6.07, 6.45) is 4.58. The van der Waals surface area contributed by atoms with Crippen LogP contribution >= 0.6 is 0 Å². The summed E-state index contributed by atoms with van der Waals surface area (Å²) in [6, 6.07) is 10.7. The van der Waals surface area contributed by atoms with Crippen molar-refractivity contribution in [2.24, 2.45) is 0 Å². The van der Waals surface area contributed by atoms with Crippen LogP contribution in [0.25, 0.3) is 0 Å². The smallest absolute Gasteiger partial charge is 0.223 e. The lowest BCUT2D eigenvalue weighted by atomic mass is 9.92. The molecule has 4 heteroatoms. The molecule has 0 radical (unpaired) electrons. The molecule has 24 heavy (non-hydrogen) atoms. The molecule has 1 heterocycles. The summed E-state index contributed by atoms with van der Waals surface area (Å²) < 4.78 is 0. The molecule has 2 fully saturated rings. The number of aliphatic hydroxyl groups excluding tert-OH is 1. The van der Waals surface area contributed by atoms with Crippen LogP contribution in [0.4, 0.5) is 0 Å². The highest BCUT2D eigenvalue weighted by Gasteiger charge is 2.33. The molecule has 1 aliphatic carbocycles. The number of benzene rings is 1. The molecule has 0 unspecified atom stereocenters. The van der Waals surface area contributed by atoms with E-state index in [9.17, 15) is 9.90 Å². The zero-order valence-corrected chi connectivity index (χ0v) is 14.7. The molecule has 1 amide bonds. The molecule has 2 aliphatic rings. The van der Waals surface area contributed by atoms with E-state index in [1.165, 1.54) is 5.56 Å². The first-order valence-corrected chi connectivity index (χ1v) is 9.44. The fourth-order valence-electron chi connectivity index (χ4n) is 4.21. The second-order valence-corrected chi connectivity index (χ2v) is 7.20. The minimum Gasteiger partial charge on any atom is -0.391 e. The van der Waals surface area contributed by atoms with E-state index < -0.39 is 0 Å². The Morgan fingerprint density at radius 3 is 2.46 bits per heavy atom. The third kappa shape index (κ3) is 3.98. The Morgan fingerprint density at radius 1 is 1.17 bits per heavy atom. The van der Waals surface area contributed by atoms with Gasteiger partial charge in [0, 0.05) is 38.6 Å². The van der Waals surface area contributed by atoms with Gasteiger partial charge in [-0.1, -0.05) is 37.3 Å². The topological polar surface area (TPSA) is 43.8 Å². The summed E-state index contributed by atoms with van der Waals surface area (Å²) in [4.78, 5) is 17.1. The Hall–Kier alpha value is -1.39. The number of nitrogens with zero attached hydrogens (tertiary/aromatic N) is 2. The minimum atomic E-state index is -0.171. The largest absolute Gasteiger partial charge is 0.391 e. The molecule has 1 N–H and O–H groups in total. The van der Waals surface area contributed by atoms with Gasteiger partial charge in [-0.15, -0.1) is 0 Å². The highest BCUT2D eigenvalue weighted by atomic mass is 16.3. The Bertz CT molecular complexity index is 526. The number of hydrogen-bond acceptors (Lipinski definition) is 3. The number of hydrogen-bond donors (Lipinski definition) is 1. The monoisotopic (exact) mass is 330 g/mol. The maximum absolute atomic E-state index is 12.7. The van der Waals surface area contributed by atoms with E-state index in [-0.39, 0.29) is 12.0 Å². The van der Waals surface area contributed by atoms with Crippen molar-refractivity contribution in [3.05, 3.63) is 35.9 Å². The maximum Gasteiger partial charge on any atom is 0.223 e. The second kappa shape index (κ2) is 8.13. The zero-order chi connectivity index (χ0) is 16.9. The molecule has 3 atom stereocenters. The van der Waals surface area contributed by atoms with Crippen LogP contribution in [0, 0.1) is 0 Å². The quantitative estimate of drug-likeness (QED) is 0.902. The van der Waals surface area contributed by atoms with Gasteiger partial charge in [0.25, 0.3) is 0 Å². The van der Waals surface area contributed by atoms with Crippen LogP contribution in [0.1, 0.15) is 50.5 Å². The second-order valence-electron chi connectivity index (χ2n) is 7.20. The number of rotatable bonds is 5. The van der Waals surface area contributed by atoms with E-state index in [2.05, 4.69) is 24.0 Å². The van der Waals surface area contributed by atoms with Gasteiger partial charge in [-0.3, -0.25) is 9.69 Å². The third-order valence-electron chi connectivity index (χ3n) is 5.76. The van der Waals surface area contributed by atoms with Crippen molar-refractivity contribution in [2.75, 3.05) is 26.2 Å². The van der Waals surface area contributed by atoms with E-state index >= 15 is 0 Å². The van der Waals surface area contributed by atoms with Crippen LogP contribution in [0.3, 0.4) is 0 Å². The molecule has 0 bridgehead atoms. The van der Waals surface area contributed by atoms with Crippen molar-refractivity contribution in [1.82, 2.24) is 9.80 Å². The first-order valence-electron chi connectivity index (χ1n) is 9.44. The lowest BCUT2D eigenvalue weighted by Gasteiger charge is -2.39. The predicted octanol–water partition coefficient (Wildman–Crippen LogP) is 2.63. The Labute approximate surface area is 145 Å². The molecular formula is C20H30N2O2. The van der Waals surface area contributed by atoms with E-state index in [1.54, 1.807) is 0 Å². The van der Waals surface area contributed by atoms with Crippen LogP contribution in [-0.4, -0.2) is 59.1 Å². The highest BCUT2D eigenvalue weighted by Crippen LogP contribution is 2.27. The lowest BCUT2D eigenvalue weighted by Crippen LogP contribution is -2.53. The minimum absolute atomic E-state index is 0.171. The van der Waals surface area contributed by atoms with Crippen molar-refractivity contribution >= 4 is 5.91 Å². The number of carbonyl (C=O) groups is 1. The van der Waals surface area contributed by atoms with E-state index in [0.717, 1.165) is 51.9 Å². The van der Waals surface area contributed by atoms with Crippen molar-refractivity contribution in [1.29, 1.82) is 0 Å². The first-order chi connectivity index (χ1) is 11.7. The van der Waals surface area contributed by atoms with Crippen molar-refractivity contribution < 1.29 is 9.90 Å². The van der Waals surface area contributed by atoms with Gasteiger partial charge in [-0.05, 0) is 37.2 Å². The van der Waals surface area contributed by atoms with Gasteiger partial charge in [0.15, 0.2) is 0 Å². The van der Waals surface area contributed by atoms with Gasteiger partial charge in [-0.25, -0.2) is 0 Å². The molecular weight excluding hydrogens is 300 g/mol. The fourth-order valence-corrected chi connectivity index (χ4v) is 4.21. The van der Waals surface area contributed by atoms with Gasteiger partial charge >= 0.3 is 0 Å². The summed E-state index contributed by atoms with van der Waals surface area (Å²) in [5, 5.41) is 10.1. The maximum atomic E-state index is 12.7. The molecule has 1 aromatic carbocycles. The normalized spacial score (nSPS) is 26.5. The number of carbonyl (C=O) groups excluding carboxylic acids is 1. The molecule has 4 nitrogen and oxygen atoms in total. The summed E-state index contributed by atoms with van der Waals surface area (Å²) in [5.74, 6) is 0.589. The molecule has 1 aliphatic heterocycles. The number of piperazine rings is 1. The van der Waals surface area contributed by atoms with E-state index in [1.807, 2.05) is 23.1 Å². The highest BCUT2D eigenvalue weighted by molar-refractivity contribution is 5.77. The molecule has 0 aromatic heterocycles. The van der Waals surface area contributed by atoms with Crippen LogP contribution in [-0.2, 0) is 4.79 Å². The zero-order valence-electron chi connectivity index (χ0n) is 14.7. The van der Waals surface area contributed by atoms with Crippen LogP contribution in [0.5, 0.6) is 0 Å². The van der Waals surface area contributed by atoms with Crippen LogP contribution < -0.4 is 0 Å². The molecule has 1 saturated carbocycles. The molecule has 132 valence electrons. The van der Waals surface area contributed by atoms with Crippen molar-refractivity contribution in [2.45, 2.75) is 57.1 Å². The Balaban J connectivity index is 1.51. The fraction of sp³-hybridized carbons (Fsp3) is 0.650. The number of amides is 1. The number of aliphatic hydroxyl groups is 1. The third-order valence-corrected chi connectivity index (χ3v) is 5.76. The standard InChI is InChI=1S/C20H30N2O2/c1-2-16(17-7-4-3-5-8-17)15-20(24)22-13-11-21(12-14-22)18-9-6-10-19(18)23/h3-5,7-8,16,18-19,23H,2,6,9-15H2,1H3/t16-,18+,19-/m1/s1. The molecule has 1 saturated heterocycles. The Morgan fingerprint density at radius 2 is 1.88 bits per heavy atom. The summed E-state index contributed by atoms with van der Waals surface area (Å²) in [6.45, 7) is 5.55.